The lowest BCUT2D eigenvalue weighted by atomic mass is 9.50. The maximum absolute atomic E-state index is 14.5. The van der Waals surface area contributed by atoms with Gasteiger partial charge in [0.15, 0.2) is 5.83 Å². The first kappa shape index (κ1) is 17.4. The van der Waals surface area contributed by atoms with Crippen LogP contribution in [0, 0.1) is 28.6 Å². The first-order chi connectivity index (χ1) is 12.2. The van der Waals surface area contributed by atoms with Gasteiger partial charge in [-0.1, -0.05) is 26.0 Å². The van der Waals surface area contributed by atoms with Crippen molar-refractivity contribution in [1.82, 2.24) is 5.32 Å². The van der Waals surface area contributed by atoms with Crippen LogP contribution in [0.4, 0.5) is 4.39 Å². The summed E-state index contributed by atoms with van der Waals surface area (Å²) >= 11 is 0. The lowest BCUT2D eigenvalue weighted by Gasteiger charge is -2.53. The molecule has 4 aliphatic carbocycles. The molecule has 0 radical (unpaired) electrons. The van der Waals surface area contributed by atoms with Crippen molar-refractivity contribution >= 4 is 17.5 Å². The highest BCUT2D eigenvalue weighted by Gasteiger charge is 2.58. The van der Waals surface area contributed by atoms with Crippen molar-refractivity contribution in [1.29, 1.82) is 0 Å². The molecule has 4 rings (SSSR count). The van der Waals surface area contributed by atoms with Crippen molar-refractivity contribution in [2.24, 2.45) is 28.6 Å². The van der Waals surface area contributed by atoms with Crippen LogP contribution in [0.25, 0.3) is 0 Å². The number of Topliss-reactive ketones (excluding diaryl/α,β-unsaturated/α-hetero) is 2. The van der Waals surface area contributed by atoms with Crippen molar-refractivity contribution < 1.29 is 18.8 Å². The number of carbonyl (C=O) groups excluding carboxylic acids is 3. The topological polar surface area (TPSA) is 63.2 Å². The second kappa shape index (κ2) is 5.48. The van der Waals surface area contributed by atoms with Crippen molar-refractivity contribution in [3.05, 3.63) is 35.3 Å². The van der Waals surface area contributed by atoms with Gasteiger partial charge in [-0.3, -0.25) is 14.4 Å². The van der Waals surface area contributed by atoms with Crippen molar-refractivity contribution in [2.45, 2.75) is 46.5 Å². The summed E-state index contributed by atoms with van der Waals surface area (Å²) in [6, 6.07) is 0. The van der Waals surface area contributed by atoms with E-state index < -0.39 is 17.0 Å². The third-order valence-electron chi connectivity index (χ3n) is 7.32. The molecule has 2 saturated carbocycles. The third-order valence-corrected chi connectivity index (χ3v) is 7.32. The molecule has 4 nitrogen and oxygen atoms in total. The maximum atomic E-state index is 14.5. The fourth-order valence-electron chi connectivity index (χ4n) is 5.93. The van der Waals surface area contributed by atoms with E-state index in [1.165, 1.54) is 13.0 Å². The average Bonchev–Trinajstić information content (AvgIpc) is 2.87. The normalized spacial score (nSPS) is 41.4. The molecule has 0 heterocycles. The number of amides is 1. The minimum Gasteiger partial charge on any atom is -0.323 e. The van der Waals surface area contributed by atoms with E-state index in [0.717, 1.165) is 19.3 Å². The Hall–Kier alpha value is -2.04. The summed E-state index contributed by atoms with van der Waals surface area (Å²) in [6.07, 6.45) is 8.51. The van der Waals surface area contributed by atoms with E-state index in [9.17, 15) is 18.8 Å². The highest BCUT2D eigenvalue weighted by Crippen LogP contribution is 2.62. The zero-order chi connectivity index (χ0) is 18.9. The average molecular weight is 357 g/mol. The van der Waals surface area contributed by atoms with Gasteiger partial charge in [-0.2, -0.15) is 0 Å². The summed E-state index contributed by atoms with van der Waals surface area (Å²) in [5.74, 6) is -1.02. The molecule has 0 aromatic heterocycles. The zero-order valence-corrected chi connectivity index (χ0v) is 15.4. The van der Waals surface area contributed by atoms with E-state index in [0.29, 0.717) is 17.8 Å². The molecule has 26 heavy (non-hydrogen) atoms. The van der Waals surface area contributed by atoms with Crippen LogP contribution in [0.2, 0.25) is 0 Å². The molecule has 1 amide bonds. The molecule has 0 aliphatic heterocycles. The van der Waals surface area contributed by atoms with E-state index in [1.807, 2.05) is 13.0 Å². The van der Waals surface area contributed by atoms with Crippen LogP contribution in [-0.2, 0) is 14.4 Å². The minimum absolute atomic E-state index is 0.0607. The van der Waals surface area contributed by atoms with Gasteiger partial charge in [0, 0.05) is 24.2 Å². The lowest BCUT2D eigenvalue weighted by molar-refractivity contribution is -0.130. The van der Waals surface area contributed by atoms with Gasteiger partial charge in [0.1, 0.15) is 5.78 Å². The number of carbonyl (C=O) groups is 3. The van der Waals surface area contributed by atoms with Gasteiger partial charge < -0.3 is 5.32 Å². The Morgan fingerprint density at radius 2 is 1.96 bits per heavy atom. The van der Waals surface area contributed by atoms with Gasteiger partial charge in [0.05, 0.1) is 5.70 Å². The van der Waals surface area contributed by atoms with Gasteiger partial charge in [0.2, 0.25) is 11.7 Å². The van der Waals surface area contributed by atoms with Crippen LogP contribution in [0.5, 0.6) is 0 Å². The Labute approximate surface area is 152 Å². The van der Waals surface area contributed by atoms with Gasteiger partial charge >= 0.3 is 0 Å². The van der Waals surface area contributed by atoms with Crippen LogP contribution >= 0.6 is 0 Å². The molecule has 5 heteroatoms. The summed E-state index contributed by atoms with van der Waals surface area (Å²) in [5, 5.41) is 2.55. The largest absolute Gasteiger partial charge is 0.323 e. The summed E-state index contributed by atoms with van der Waals surface area (Å²) in [5.41, 5.74) is -0.183. The Morgan fingerprint density at radius 3 is 2.65 bits per heavy atom. The molecule has 5 atom stereocenters. The monoisotopic (exact) mass is 357 g/mol. The molecular weight excluding hydrogens is 333 g/mol. The molecule has 2 fully saturated rings. The molecule has 0 aromatic carbocycles. The molecule has 1 N–H and O–H groups in total. The number of halogens is 1. The predicted octanol–water partition coefficient (Wildman–Crippen LogP) is 3.40. The SMILES string of the molecule is CC(=O)NC1=C2C=C[C@@H]3[C@H](CC[C@]4(C)C(=O)CC[C@@H]34)[C@@]2(C)C=C(F)C1=O. The standard InChI is InChI=1S/C21H24FNO3/c1-11(24)23-18-15-5-4-12-13-6-7-17(25)20(13,2)9-8-14(12)21(15,3)10-16(22)19(18)26/h4-5,10,12-14H,6-9H2,1-3H3,(H,23,24)/t12-,13-,14-,20-,21+/m0/s1. The first-order valence-electron chi connectivity index (χ1n) is 9.35. The number of fused-ring (bicyclic) bond motifs is 5. The Balaban J connectivity index is 1.84. The smallest absolute Gasteiger partial charge is 0.237 e. The van der Waals surface area contributed by atoms with E-state index in [4.69, 9.17) is 0 Å². The predicted molar refractivity (Wildman–Crippen MR) is 94.3 cm³/mol. The molecule has 0 saturated heterocycles. The Bertz CT molecular complexity index is 823. The van der Waals surface area contributed by atoms with Gasteiger partial charge in [-0.25, -0.2) is 4.39 Å². The molecule has 4 aliphatic rings. The molecule has 0 spiro atoms. The van der Waals surface area contributed by atoms with E-state index in [-0.39, 0.29) is 34.8 Å². The Morgan fingerprint density at radius 1 is 1.23 bits per heavy atom. The van der Waals surface area contributed by atoms with Crippen molar-refractivity contribution in [2.75, 3.05) is 0 Å². The van der Waals surface area contributed by atoms with Crippen LogP contribution in [0.1, 0.15) is 46.5 Å². The number of allylic oxidation sites excluding steroid dienone is 5. The van der Waals surface area contributed by atoms with Crippen molar-refractivity contribution in [3.63, 3.8) is 0 Å². The van der Waals surface area contributed by atoms with Crippen molar-refractivity contribution in [3.8, 4) is 0 Å². The number of ketones is 2. The second-order valence-electron chi connectivity index (χ2n) is 8.64. The fourth-order valence-corrected chi connectivity index (χ4v) is 5.93. The number of rotatable bonds is 1. The summed E-state index contributed by atoms with van der Waals surface area (Å²) in [7, 11) is 0. The number of hydrogen-bond donors (Lipinski definition) is 1. The molecule has 0 unspecified atom stereocenters. The lowest BCUT2D eigenvalue weighted by Crippen LogP contribution is -2.49. The van der Waals surface area contributed by atoms with E-state index >= 15 is 0 Å². The van der Waals surface area contributed by atoms with Crippen LogP contribution < -0.4 is 5.32 Å². The van der Waals surface area contributed by atoms with Gasteiger partial charge in [-0.15, -0.1) is 0 Å². The molecular formula is C21H24FNO3. The maximum Gasteiger partial charge on any atom is 0.237 e. The fraction of sp³-hybridized carbons (Fsp3) is 0.571. The van der Waals surface area contributed by atoms with Gasteiger partial charge in [-0.05, 0) is 48.7 Å². The highest BCUT2D eigenvalue weighted by molar-refractivity contribution is 6.10. The number of hydrogen-bond acceptors (Lipinski definition) is 3. The number of nitrogens with one attached hydrogen (secondary N) is 1. The molecule has 138 valence electrons. The first-order valence-corrected chi connectivity index (χ1v) is 9.35. The van der Waals surface area contributed by atoms with Crippen LogP contribution in [0.15, 0.2) is 35.3 Å². The zero-order valence-electron chi connectivity index (χ0n) is 15.4. The summed E-state index contributed by atoms with van der Waals surface area (Å²) < 4.78 is 14.5. The quantitative estimate of drug-likeness (QED) is 0.782. The van der Waals surface area contributed by atoms with Crippen LogP contribution in [-0.4, -0.2) is 17.5 Å². The van der Waals surface area contributed by atoms with E-state index in [2.05, 4.69) is 18.3 Å². The van der Waals surface area contributed by atoms with E-state index in [1.54, 1.807) is 0 Å². The third kappa shape index (κ3) is 2.15. The van der Waals surface area contributed by atoms with Gasteiger partial charge in [0.25, 0.3) is 0 Å². The minimum atomic E-state index is -0.801. The molecule has 0 bridgehead atoms. The van der Waals surface area contributed by atoms with Crippen LogP contribution in [0.3, 0.4) is 0 Å². The second-order valence-corrected chi connectivity index (χ2v) is 8.64. The Kier molecular flexibility index (Phi) is 3.66. The summed E-state index contributed by atoms with van der Waals surface area (Å²) in [4.78, 5) is 36.3. The summed E-state index contributed by atoms with van der Waals surface area (Å²) in [6.45, 7) is 5.35. The molecule has 0 aromatic rings. The highest BCUT2D eigenvalue weighted by atomic mass is 19.1.